The van der Waals surface area contributed by atoms with E-state index in [4.69, 9.17) is 17.1 Å². The van der Waals surface area contributed by atoms with Crippen LogP contribution in [0, 0.1) is 0 Å². The van der Waals surface area contributed by atoms with Gasteiger partial charge in [-0.3, -0.25) is 0 Å². The maximum atomic E-state index is 8.68. The van der Waals surface area contributed by atoms with Crippen LogP contribution in [-0.4, -0.2) is 0 Å². The van der Waals surface area contributed by atoms with Gasteiger partial charge in [0, 0.05) is 0 Å². The van der Waals surface area contributed by atoms with E-state index in [-0.39, 0.29) is 0 Å². The Labute approximate surface area is 34.6 Å². The van der Waals surface area contributed by atoms with Crippen LogP contribution in [0.4, 0.5) is 0 Å². The zero-order valence-corrected chi connectivity index (χ0v) is 4.83. The molecule has 0 atom stereocenters. The van der Waals surface area contributed by atoms with Crippen molar-refractivity contribution in [1.82, 2.24) is 0 Å². The molecule has 0 aliphatic rings. The van der Waals surface area contributed by atoms with Crippen LogP contribution in [0.25, 0.3) is 0 Å². The van der Waals surface area contributed by atoms with Crippen LogP contribution in [0.3, 0.4) is 0 Å². The van der Waals surface area contributed by atoms with Gasteiger partial charge >= 0.3 is 34.2 Å². The van der Waals surface area contributed by atoms with Crippen molar-refractivity contribution in [3.8, 4) is 0 Å². The quantitative estimate of drug-likeness (QED) is 0.441. The van der Waals surface area contributed by atoms with Gasteiger partial charge in [-0.25, -0.2) is 0 Å². The van der Waals surface area contributed by atoms with Crippen LogP contribution in [0.15, 0.2) is 0 Å². The predicted molar refractivity (Wildman–Crippen MR) is 4.12 cm³/mol. The van der Waals surface area contributed by atoms with Crippen molar-refractivity contribution < 1.29 is 34.2 Å². The van der Waals surface area contributed by atoms with Gasteiger partial charge in [-0.05, 0) is 0 Å². The van der Waals surface area contributed by atoms with Crippen molar-refractivity contribution >= 4 is 0 Å². The second-order valence-corrected chi connectivity index (χ2v) is 5.95. The van der Waals surface area contributed by atoms with Crippen LogP contribution in [0.2, 0.25) is 0 Å². The van der Waals surface area contributed by atoms with Crippen LogP contribution in [-0.2, 0) is 34.2 Å². The van der Waals surface area contributed by atoms with Gasteiger partial charge in [0.25, 0.3) is 0 Å². The van der Waals surface area contributed by atoms with E-state index in [2.05, 4.69) is 0 Å². The Hall–Kier alpha value is -0.330. The molecule has 39 valence electrons. The molecule has 0 heterocycles. The summed E-state index contributed by atoms with van der Waals surface area (Å²) in [6.07, 6.45) is 0. The molecule has 0 aliphatic carbocycles. The van der Waals surface area contributed by atoms with Gasteiger partial charge in [0.1, 0.15) is 0 Å². The van der Waals surface area contributed by atoms with Crippen molar-refractivity contribution in [3.63, 3.8) is 0 Å². The van der Waals surface area contributed by atoms with Crippen LogP contribution < -0.4 is 0 Å². The molecule has 0 spiro atoms. The molecular weight excluding hydrogens is 141 g/mol. The third-order valence-corrected chi connectivity index (χ3v) is 0. The van der Waals surface area contributed by atoms with Crippen LogP contribution in [0.5, 0.6) is 0 Å². The maximum absolute atomic E-state index is 9.77. The number of hydrogen-bond acceptors (Lipinski definition) is 6. The summed E-state index contributed by atoms with van der Waals surface area (Å²) in [5.74, 6) is 0. The average Bonchev–Trinajstić information content (AvgIpc) is 0.592. The SMILES string of the molecule is [O]=[Sc](=[O])(=[O])(=[O])(=[O])=[O]. The molecule has 7 heteroatoms. The van der Waals surface area contributed by atoms with Crippen molar-refractivity contribution in [3.05, 3.63) is 0 Å². The first kappa shape index (κ1) is 6.67. The zero-order chi connectivity index (χ0) is 6.41. The molecule has 0 fully saturated rings. The summed E-state index contributed by atoms with van der Waals surface area (Å²) in [6.45, 7) is 0. The number of hydrogen-bond donors (Lipinski definition) is 0. The van der Waals surface area contributed by atoms with E-state index >= 15 is 0 Å². The van der Waals surface area contributed by atoms with Gasteiger partial charge in [0.2, 0.25) is 0 Å². The Morgan fingerprint density at radius 2 is 0.571 bits per heavy atom. The summed E-state index contributed by atoms with van der Waals surface area (Å²) in [6, 6.07) is 0. The van der Waals surface area contributed by atoms with Gasteiger partial charge in [0.05, 0.1) is 0 Å². The molecule has 0 aliphatic heterocycles. The third kappa shape index (κ3) is 702. The van der Waals surface area contributed by atoms with Gasteiger partial charge in [-0.1, -0.05) is 0 Å². The number of rotatable bonds is 0. The molecule has 0 aromatic carbocycles. The van der Waals surface area contributed by atoms with E-state index in [1.54, 1.807) is 0 Å². The minimum absolute atomic E-state index is 8.68. The molecule has 0 amide bonds. The van der Waals surface area contributed by atoms with Crippen molar-refractivity contribution in [2.75, 3.05) is 0 Å². The van der Waals surface area contributed by atoms with Crippen molar-refractivity contribution in [2.24, 2.45) is 0 Å². The van der Waals surface area contributed by atoms with Gasteiger partial charge in [0.15, 0.2) is 0 Å². The summed E-state index contributed by atoms with van der Waals surface area (Å²) in [7, 11) is 0. The Kier molecular flexibility index (Phi) is 0.548. The van der Waals surface area contributed by atoms with E-state index in [1.807, 2.05) is 0 Å². The molecule has 0 aromatic rings. The van der Waals surface area contributed by atoms with Gasteiger partial charge in [-0.2, -0.15) is 0 Å². The molecule has 7 heavy (non-hydrogen) atoms. The summed E-state index contributed by atoms with van der Waals surface area (Å²) in [4.78, 5) is 0. The standard InChI is InChI=1S/6O.Sc. The second kappa shape index (κ2) is 0.575. The topological polar surface area (TPSA) is 102 Å². The first-order valence-corrected chi connectivity index (χ1v) is 5.83. The van der Waals surface area contributed by atoms with E-state index < -0.39 is 17.0 Å². The Balaban J connectivity index is 8.86. The molecule has 0 aromatic heterocycles. The predicted octanol–water partition coefficient (Wildman–Crippen LogP) is -0.715. The molecule has 0 bridgehead atoms. The molecule has 0 N–H and O–H groups in total. The third-order valence-electron chi connectivity index (χ3n) is 0. The monoisotopic (exact) mass is 141 g/mol. The van der Waals surface area contributed by atoms with Crippen LogP contribution in [0.1, 0.15) is 0 Å². The average molecular weight is 141 g/mol. The van der Waals surface area contributed by atoms with E-state index in [0.717, 1.165) is 0 Å². The Morgan fingerprint density at radius 3 is 0.571 bits per heavy atom. The second-order valence-electron chi connectivity index (χ2n) is 1.44. The van der Waals surface area contributed by atoms with Crippen LogP contribution >= 0.6 is 0 Å². The van der Waals surface area contributed by atoms with E-state index in [0.29, 0.717) is 0 Å². The fourth-order valence-electron chi connectivity index (χ4n) is 0. The van der Waals surface area contributed by atoms with E-state index in [1.165, 1.54) is 0 Å². The van der Waals surface area contributed by atoms with Gasteiger partial charge in [-0.15, -0.1) is 0 Å². The Morgan fingerprint density at radius 1 is 0.571 bits per heavy atom. The molecular formula is O6Sc. The normalized spacial score (nSPS) is 6.86. The summed E-state index contributed by atoms with van der Waals surface area (Å²) >= 11 is -9.77. The van der Waals surface area contributed by atoms with E-state index in [9.17, 15) is 0 Å². The fourth-order valence-corrected chi connectivity index (χ4v) is 0. The molecule has 6 nitrogen and oxygen atoms in total. The molecule has 0 saturated heterocycles. The first-order chi connectivity index (χ1) is 2.45. The summed E-state index contributed by atoms with van der Waals surface area (Å²) in [5.41, 5.74) is 0. The summed E-state index contributed by atoms with van der Waals surface area (Å²) in [5, 5.41) is 0. The Bertz CT molecular complexity index is 432. The van der Waals surface area contributed by atoms with Crippen molar-refractivity contribution in [2.45, 2.75) is 0 Å². The first-order valence-electron chi connectivity index (χ1n) is 1.41. The molecule has 0 rings (SSSR count). The minimum atomic E-state index is -9.77. The van der Waals surface area contributed by atoms with Gasteiger partial charge < -0.3 is 0 Å². The molecule has 0 unspecified atom stereocenters. The summed E-state index contributed by atoms with van der Waals surface area (Å²) < 4.78 is 52.1. The molecule has 0 saturated carbocycles. The molecule has 0 radical (unpaired) electrons. The zero-order valence-electron chi connectivity index (χ0n) is 3.03. The van der Waals surface area contributed by atoms with Crippen molar-refractivity contribution in [1.29, 1.82) is 0 Å². The fraction of sp³-hybridized carbons (Fsp3) is 0.